The maximum Gasteiger partial charge on any atom is 0.189 e. The van der Waals surface area contributed by atoms with Gasteiger partial charge in [-0.15, -0.1) is 0 Å². The van der Waals surface area contributed by atoms with Crippen molar-refractivity contribution in [2.45, 2.75) is 82.1 Å². The normalized spacial score (nSPS) is 39.4. The molecule has 0 aromatic heterocycles. The van der Waals surface area contributed by atoms with Crippen LogP contribution in [0.15, 0.2) is 34.3 Å². The number of ketones is 1. The number of nitrogens with zero attached hydrogens (tertiary/aromatic N) is 1. The van der Waals surface area contributed by atoms with Gasteiger partial charge in [-0.1, -0.05) is 73.9 Å². The average Bonchev–Trinajstić information content (AvgIpc) is 3.42. The fourth-order valence-electron chi connectivity index (χ4n) is 11.1. The first-order valence-corrected chi connectivity index (χ1v) is 23.0. The van der Waals surface area contributed by atoms with E-state index in [-0.39, 0.29) is 71.7 Å². The van der Waals surface area contributed by atoms with Crippen molar-refractivity contribution < 1.29 is 25.2 Å². The van der Waals surface area contributed by atoms with Crippen molar-refractivity contribution in [1.29, 1.82) is 0 Å². The van der Waals surface area contributed by atoms with E-state index in [1.165, 1.54) is 5.57 Å². The number of nitrogens with two attached hydrogens (primary N) is 1. The fourth-order valence-corrected chi connectivity index (χ4v) is 16.7. The molecule has 270 valence electrons. The molecule has 1 aromatic carbocycles. The molecule has 8 nitrogen and oxygen atoms in total. The lowest BCUT2D eigenvalue weighted by Gasteiger charge is -2.57. The summed E-state index contributed by atoms with van der Waals surface area (Å²) < 4.78 is 0. The molecule has 0 amide bonds. The van der Waals surface area contributed by atoms with Crippen molar-refractivity contribution in [3.05, 3.63) is 46.0 Å². The van der Waals surface area contributed by atoms with Gasteiger partial charge in [0, 0.05) is 54.8 Å². The average molecular weight is 748 g/mol. The summed E-state index contributed by atoms with van der Waals surface area (Å²) in [5, 5.41) is 45.1. The second-order valence-corrected chi connectivity index (χ2v) is 20.9. The Morgan fingerprint density at radius 1 is 1.06 bits per heavy atom. The number of benzene rings is 1. The topological polar surface area (TPSA) is 148 Å². The van der Waals surface area contributed by atoms with Gasteiger partial charge < -0.3 is 31.5 Å². The summed E-state index contributed by atoms with van der Waals surface area (Å²) in [6.07, 6.45) is 7.38. The molecule has 0 radical (unpaired) electrons. The summed E-state index contributed by atoms with van der Waals surface area (Å²) in [5.41, 5.74) is 11.4. The number of fused-ring (bicyclic) bond motifs is 3. The molecule has 2 fully saturated rings. The van der Waals surface area contributed by atoms with Crippen LogP contribution in [-0.4, -0.2) is 81.3 Å². The quantitative estimate of drug-likeness (QED) is 0.211. The summed E-state index contributed by atoms with van der Waals surface area (Å²) in [5.74, 6) is 4.61. The minimum atomic E-state index is -0.346. The SMILES string of the molecule is C[C@]12CCSSC[C@]34C[C@H](CSS[C@@H](CO)c5ccc(CO)c(c5)C[C@@H]3CN=C(N)N4)CC3=C4C[C@H]1C[C@H](CO)[C@@H](CCCO)[C@@]42CC3=O. The zero-order chi connectivity index (χ0) is 34.4. The molecule has 49 heavy (non-hydrogen) atoms. The standard InChI is InChI=1S/C37H53N3O5S4/c1-35-6-8-46-48-21-36-14-22(9-29-31-13-27(35)12-26(18-43)30(3-2-7-41)37(31,35)15-32(29)45)20-47-49-33(19-44)23-4-5-24(17-42)25(10-23)11-28(36)16-39-34(38)40-36/h4-5,10,22,26-28,30,33,41-44H,2-3,6-9,11-21H2,1H3,(H3,38,39,40)/t22-,26-,27-,28-,30-,33+,35+,36-,37+/m1/s1. The predicted molar refractivity (Wildman–Crippen MR) is 204 cm³/mol. The van der Waals surface area contributed by atoms with Gasteiger partial charge in [-0.25, -0.2) is 0 Å². The first-order valence-electron chi connectivity index (χ1n) is 18.1. The van der Waals surface area contributed by atoms with E-state index in [0.29, 0.717) is 37.0 Å². The highest BCUT2D eigenvalue weighted by molar-refractivity contribution is 8.77. The largest absolute Gasteiger partial charge is 0.396 e. The lowest BCUT2D eigenvalue weighted by molar-refractivity contribution is -0.125. The molecule has 9 bridgehead atoms. The molecule has 7 N–H and O–H groups in total. The van der Waals surface area contributed by atoms with Crippen LogP contribution in [0.2, 0.25) is 0 Å². The predicted octanol–water partition coefficient (Wildman–Crippen LogP) is 5.29. The van der Waals surface area contributed by atoms with Crippen LogP contribution in [0.1, 0.15) is 80.2 Å². The van der Waals surface area contributed by atoms with Crippen LogP contribution in [0.5, 0.6) is 0 Å². The second-order valence-electron chi connectivity index (χ2n) is 15.8. The van der Waals surface area contributed by atoms with Crippen molar-refractivity contribution in [3.63, 3.8) is 0 Å². The molecule has 0 saturated heterocycles. The third-order valence-corrected chi connectivity index (χ3v) is 19.0. The first-order chi connectivity index (χ1) is 23.7. The summed E-state index contributed by atoms with van der Waals surface area (Å²) in [4.78, 5) is 19.2. The number of allylic oxidation sites excluding steroid dienone is 2. The molecular weight excluding hydrogens is 695 g/mol. The monoisotopic (exact) mass is 747 g/mol. The van der Waals surface area contributed by atoms with Crippen molar-refractivity contribution in [2.24, 2.45) is 51.1 Å². The van der Waals surface area contributed by atoms with Crippen molar-refractivity contribution in [2.75, 3.05) is 43.6 Å². The van der Waals surface area contributed by atoms with Crippen molar-refractivity contribution in [3.8, 4) is 0 Å². The number of hydrogen-bond donors (Lipinski definition) is 6. The number of rotatable bonds is 6. The smallest absolute Gasteiger partial charge is 0.189 e. The first kappa shape index (κ1) is 36.5. The zero-order valence-electron chi connectivity index (χ0n) is 28.6. The summed E-state index contributed by atoms with van der Waals surface area (Å²) in [6, 6.07) is 6.24. The molecule has 12 heteroatoms. The van der Waals surface area contributed by atoms with Gasteiger partial charge in [-0.05, 0) is 103 Å². The Morgan fingerprint density at radius 2 is 1.92 bits per heavy atom. The van der Waals surface area contributed by atoms with Gasteiger partial charge in [0.05, 0.1) is 24.0 Å². The minimum absolute atomic E-state index is 0.0224. The molecule has 2 spiro atoms. The molecule has 0 unspecified atom stereocenters. The molecule has 3 aliphatic heterocycles. The molecule has 9 atom stereocenters. The molecule has 7 rings (SSSR count). The molecule has 2 saturated carbocycles. The summed E-state index contributed by atoms with van der Waals surface area (Å²) in [6.45, 7) is 3.33. The number of nitrogens with one attached hydrogen (secondary N) is 1. The van der Waals surface area contributed by atoms with E-state index < -0.39 is 0 Å². The Kier molecular flexibility index (Phi) is 11.1. The third-order valence-electron chi connectivity index (χ3n) is 13.5. The third kappa shape index (κ3) is 6.33. The number of carbonyl (C=O) groups is 1. The number of guanidine groups is 1. The van der Waals surface area contributed by atoms with Gasteiger partial charge in [-0.2, -0.15) is 0 Å². The van der Waals surface area contributed by atoms with Crippen LogP contribution in [0.4, 0.5) is 0 Å². The van der Waals surface area contributed by atoms with E-state index in [1.807, 2.05) is 33.7 Å². The van der Waals surface area contributed by atoms with E-state index >= 15 is 0 Å². The van der Waals surface area contributed by atoms with E-state index in [2.05, 4.69) is 18.3 Å². The van der Waals surface area contributed by atoms with Crippen molar-refractivity contribution >= 4 is 54.9 Å². The van der Waals surface area contributed by atoms with E-state index in [1.54, 1.807) is 21.6 Å². The highest BCUT2D eigenvalue weighted by atomic mass is 33.1. The van der Waals surface area contributed by atoms with E-state index in [9.17, 15) is 25.2 Å². The number of carbonyl (C=O) groups excluding carboxylic acids is 1. The maximum absolute atomic E-state index is 14.5. The van der Waals surface area contributed by atoms with Crippen LogP contribution >= 0.6 is 43.2 Å². The Labute approximate surface area is 306 Å². The van der Waals surface area contributed by atoms with Gasteiger partial charge >= 0.3 is 0 Å². The van der Waals surface area contributed by atoms with Crippen LogP contribution in [0.3, 0.4) is 0 Å². The van der Waals surface area contributed by atoms with Crippen LogP contribution in [0.25, 0.3) is 0 Å². The van der Waals surface area contributed by atoms with Crippen LogP contribution in [0, 0.1) is 40.4 Å². The zero-order valence-corrected chi connectivity index (χ0v) is 31.8. The Balaban J connectivity index is 1.33. The summed E-state index contributed by atoms with van der Waals surface area (Å²) in [7, 11) is 7.39. The number of hydrogen-bond acceptors (Lipinski definition) is 12. The Morgan fingerprint density at radius 3 is 2.69 bits per heavy atom. The molecule has 1 aromatic rings. The lowest BCUT2D eigenvalue weighted by atomic mass is 9.47. The van der Waals surface area contributed by atoms with Crippen LogP contribution < -0.4 is 11.1 Å². The number of Topliss-reactive ketones (excluding diaryl/α,β-unsaturated/α-hetero) is 1. The highest BCUT2D eigenvalue weighted by Crippen LogP contribution is 2.75. The van der Waals surface area contributed by atoms with Gasteiger partial charge in [-0.3, -0.25) is 9.79 Å². The molecule has 6 aliphatic rings. The minimum Gasteiger partial charge on any atom is -0.396 e. The van der Waals surface area contributed by atoms with Gasteiger partial charge in [0.2, 0.25) is 0 Å². The number of aliphatic imine (C=N–C) groups is 1. The van der Waals surface area contributed by atoms with Gasteiger partial charge in [0.1, 0.15) is 0 Å². The Hall–Kier alpha value is -0.860. The van der Waals surface area contributed by atoms with Crippen molar-refractivity contribution in [1.82, 2.24) is 5.32 Å². The fraction of sp³-hybridized carbons (Fsp3) is 0.730. The van der Waals surface area contributed by atoms with Gasteiger partial charge in [0.15, 0.2) is 11.7 Å². The number of aliphatic hydroxyl groups excluding tert-OH is 4. The lowest BCUT2D eigenvalue weighted by Crippen LogP contribution is -2.62. The molecule has 3 aliphatic carbocycles. The molecule has 3 heterocycles. The molecular formula is C37H53N3O5S4. The maximum atomic E-state index is 14.5. The Bertz CT molecular complexity index is 1480. The number of aliphatic hydroxyl groups is 4. The summed E-state index contributed by atoms with van der Waals surface area (Å²) >= 11 is 0. The van der Waals surface area contributed by atoms with E-state index in [0.717, 1.165) is 84.5 Å². The highest BCUT2D eigenvalue weighted by Gasteiger charge is 2.69. The van der Waals surface area contributed by atoms with E-state index in [4.69, 9.17) is 10.7 Å². The van der Waals surface area contributed by atoms with Crippen LogP contribution in [-0.2, 0) is 17.8 Å². The van der Waals surface area contributed by atoms with Gasteiger partial charge in [0.25, 0.3) is 0 Å². The second kappa shape index (κ2) is 14.9.